The maximum atomic E-state index is 13.7. The number of rotatable bonds is 6. The van der Waals surface area contributed by atoms with Gasteiger partial charge in [0, 0.05) is 18.7 Å². The summed E-state index contributed by atoms with van der Waals surface area (Å²) >= 11 is 0. The molecule has 0 amide bonds. The summed E-state index contributed by atoms with van der Waals surface area (Å²) in [7, 11) is 0. The fourth-order valence-electron chi connectivity index (χ4n) is 3.05. The molecule has 0 aliphatic heterocycles. The summed E-state index contributed by atoms with van der Waals surface area (Å²) in [5.74, 6) is -0.137. The van der Waals surface area contributed by atoms with E-state index in [4.69, 9.17) is 10.5 Å². The van der Waals surface area contributed by atoms with E-state index in [0.717, 1.165) is 12.2 Å². The second-order valence-corrected chi connectivity index (χ2v) is 5.72. The van der Waals surface area contributed by atoms with Gasteiger partial charge in [-0.1, -0.05) is 19.8 Å². The molecule has 0 saturated heterocycles. The third-order valence-electron chi connectivity index (χ3n) is 4.47. The minimum atomic E-state index is -0.402. The number of ether oxygens (including phenoxy) is 1. The first-order chi connectivity index (χ1) is 9.60. The minimum Gasteiger partial charge on any atom is -0.491 e. The Balaban J connectivity index is 2.10. The Bertz CT molecular complexity index is 456. The van der Waals surface area contributed by atoms with Gasteiger partial charge in [0.2, 0.25) is 0 Å². The van der Waals surface area contributed by atoms with Crippen molar-refractivity contribution < 1.29 is 9.13 Å². The number of anilines is 2. The Kier molecular flexibility index (Phi) is 4.73. The van der Waals surface area contributed by atoms with Gasteiger partial charge in [0.1, 0.15) is 0 Å². The van der Waals surface area contributed by atoms with Gasteiger partial charge in [-0.05, 0) is 31.6 Å². The van der Waals surface area contributed by atoms with Crippen LogP contribution in [0.2, 0.25) is 0 Å². The van der Waals surface area contributed by atoms with Crippen molar-refractivity contribution in [3.8, 4) is 5.75 Å². The topological polar surface area (TPSA) is 47.3 Å². The van der Waals surface area contributed by atoms with Crippen LogP contribution in [0.1, 0.15) is 46.0 Å². The largest absolute Gasteiger partial charge is 0.491 e. The van der Waals surface area contributed by atoms with Gasteiger partial charge < -0.3 is 15.8 Å². The van der Waals surface area contributed by atoms with E-state index in [-0.39, 0.29) is 5.75 Å². The number of hydrogen-bond donors (Lipinski definition) is 2. The van der Waals surface area contributed by atoms with E-state index < -0.39 is 5.82 Å². The van der Waals surface area contributed by atoms with Crippen LogP contribution in [-0.2, 0) is 0 Å². The normalized spacial score (nSPS) is 17.1. The molecule has 1 aliphatic rings. The van der Waals surface area contributed by atoms with Crippen molar-refractivity contribution in [3.63, 3.8) is 0 Å². The van der Waals surface area contributed by atoms with Crippen LogP contribution < -0.4 is 15.8 Å². The number of nitrogens with two attached hydrogens (primary N) is 1. The van der Waals surface area contributed by atoms with Crippen LogP contribution in [0.5, 0.6) is 5.75 Å². The number of nitrogens with one attached hydrogen (secondary N) is 1. The zero-order valence-electron chi connectivity index (χ0n) is 12.5. The minimum absolute atomic E-state index is 0.265. The van der Waals surface area contributed by atoms with E-state index in [9.17, 15) is 4.39 Å². The summed E-state index contributed by atoms with van der Waals surface area (Å²) in [6.45, 7) is 5.42. The predicted octanol–water partition coefficient (Wildman–Crippen LogP) is 4.19. The van der Waals surface area contributed by atoms with Crippen LogP contribution in [0.15, 0.2) is 12.1 Å². The van der Waals surface area contributed by atoms with E-state index in [2.05, 4.69) is 12.2 Å². The molecule has 0 spiro atoms. The summed E-state index contributed by atoms with van der Waals surface area (Å²) in [6, 6.07) is 3.01. The number of nitrogen functional groups attached to an aromatic ring is 1. The summed E-state index contributed by atoms with van der Waals surface area (Å²) in [6.07, 6.45) is 6.29. The number of hydrogen-bond acceptors (Lipinski definition) is 3. The van der Waals surface area contributed by atoms with Gasteiger partial charge in [0.05, 0.1) is 18.0 Å². The molecule has 4 heteroatoms. The average molecular weight is 280 g/mol. The zero-order chi connectivity index (χ0) is 14.6. The monoisotopic (exact) mass is 280 g/mol. The lowest BCUT2D eigenvalue weighted by molar-refractivity contribution is 0.306. The second-order valence-electron chi connectivity index (χ2n) is 5.72. The summed E-state index contributed by atoms with van der Waals surface area (Å²) < 4.78 is 19.0. The summed E-state index contributed by atoms with van der Waals surface area (Å²) in [5, 5.41) is 3.40. The van der Waals surface area contributed by atoms with Gasteiger partial charge in [0.25, 0.3) is 0 Å². The highest BCUT2D eigenvalue weighted by molar-refractivity contribution is 5.68. The van der Waals surface area contributed by atoms with Crippen molar-refractivity contribution in [1.29, 1.82) is 0 Å². The Morgan fingerprint density at radius 1 is 1.30 bits per heavy atom. The SMILES string of the molecule is CCOc1cc(NCC2(CC)CCCC2)c(N)cc1F. The molecule has 3 N–H and O–H groups in total. The first-order valence-electron chi connectivity index (χ1n) is 7.56. The highest BCUT2D eigenvalue weighted by Crippen LogP contribution is 2.41. The lowest BCUT2D eigenvalue weighted by Gasteiger charge is -2.28. The van der Waals surface area contributed by atoms with Crippen molar-refractivity contribution in [2.45, 2.75) is 46.0 Å². The molecule has 0 unspecified atom stereocenters. The maximum absolute atomic E-state index is 13.7. The first-order valence-corrected chi connectivity index (χ1v) is 7.56. The van der Waals surface area contributed by atoms with Crippen LogP contribution in [0.4, 0.5) is 15.8 Å². The van der Waals surface area contributed by atoms with E-state index in [0.29, 0.717) is 17.7 Å². The summed E-state index contributed by atoms with van der Waals surface area (Å²) in [5.41, 5.74) is 7.48. The lowest BCUT2D eigenvalue weighted by Crippen LogP contribution is -2.26. The van der Waals surface area contributed by atoms with Gasteiger partial charge in [-0.25, -0.2) is 4.39 Å². The Labute approximate surface area is 120 Å². The highest BCUT2D eigenvalue weighted by Gasteiger charge is 2.31. The molecule has 0 radical (unpaired) electrons. The quantitative estimate of drug-likeness (QED) is 0.768. The molecule has 3 nitrogen and oxygen atoms in total. The van der Waals surface area contributed by atoms with Crippen LogP contribution >= 0.6 is 0 Å². The molecule has 1 aromatic rings. The molecule has 112 valence electrons. The van der Waals surface area contributed by atoms with E-state index in [1.165, 1.54) is 38.2 Å². The van der Waals surface area contributed by atoms with Crippen LogP contribution in [0.25, 0.3) is 0 Å². The van der Waals surface area contributed by atoms with Gasteiger partial charge in [-0.2, -0.15) is 0 Å². The molecule has 0 aromatic heterocycles. The van der Waals surface area contributed by atoms with E-state index >= 15 is 0 Å². The van der Waals surface area contributed by atoms with Crippen LogP contribution in [0.3, 0.4) is 0 Å². The van der Waals surface area contributed by atoms with Crippen molar-refractivity contribution >= 4 is 11.4 Å². The maximum Gasteiger partial charge on any atom is 0.167 e. The van der Waals surface area contributed by atoms with Crippen molar-refractivity contribution in [3.05, 3.63) is 17.9 Å². The molecule has 1 aliphatic carbocycles. The van der Waals surface area contributed by atoms with Gasteiger partial charge >= 0.3 is 0 Å². The Hall–Kier alpha value is -1.45. The molecule has 0 heterocycles. The smallest absolute Gasteiger partial charge is 0.167 e. The molecule has 2 rings (SSSR count). The third-order valence-corrected chi connectivity index (χ3v) is 4.47. The second kappa shape index (κ2) is 6.33. The number of halogens is 1. The average Bonchev–Trinajstić information content (AvgIpc) is 2.90. The van der Waals surface area contributed by atoms with E-state index in [1.54, 1.807) is 6.07 Å². The third kappa shape index (κ3) is 3.17. The van der Waals surface area contributed by atoms with E-state index in [1.807, 2.05) is 6.92 Å². The fraction of sp³-hybridized carbons (Fsp3) is 0.625. The van der Waals surface area contributed by atoms with Crippen molar-refractivity contribution in [1.82, 2.24) is 0 Å². The Morgan fingerprint density at radius 3 is 2.60 bits per heavy atom. The lowest BCUT2D eigenvalue weighted by atomic mass is 9.83. The number of benzene rings is 1. The predicted molar refractivity (Wildman–Crippen MR) is 81.7 cm³/mol. The fourth-order valence-corrected chi connectivity index (χ4v) is 3.05. The molecule has 1 saturated carbocycles. The standard InChI is InChI=1S/C16H25FN2O/c1-3-16(7-5-6-8-16)11-19-14-10-15(20-4-2)12(17)9-13(14)18/h9-10,19H,3-8,11,18H2,1-2H3. The van der Waals surface area contributed by atoms with Crippen LogP contribution in [-0.4, -0.2) is 13.2 Å². The highest BCUT2D eigenvalue weighted by atomic mass is 19.1. The van der Waals surface area contributed by atoms with Crippen molar-refractivity contribution in [2.24, 2.45) is 5.41 Å². The van der Waals surface area contributed by atoms with Gasteiger partial charge in [-0.3, -0.25) is 0 Å². The molecule has 1 fully saturated rings. The summed E-state index contributed by atoms with van der Waals surface area (Å²) in [4.78, 5) is 0. The van der Waals surface area contributed by atoms with Crippen molar-refractivity contribution in [2.75, 3.05) is 24.2 Å². The van der Waals surface area contributed by atoms with Gasteiger partial charge in [-0.15, -0.1) is 0 Å². The van der Waals surface area contributed by atoms with Crippen LogP contribution in [0, 0.1) is 11.2 Å². The molecule has 20 heavy (non-hydrogen) atoms. The molecular weight excluding hydrogens is 255 g/mol. The molecule has 0 atom stereocenters. The molecule has 0 bridgehead atoms. The zero-order valence-corrected chi connectivity index (χ0v) is 12.5. The molecular formula is C16H25FN2O. The first kappa shape index (κ1) is 14.9. The van der Waals surface area contributed by atoms with Gasteiger partial charge in [0.15, 0.2) is 11.6 Å². The Morgan fingerprint density at radius 2 is 2.00 bits per heavy atom. The molecule has 1 aromatic carbocycles.